The molecule has 3 amide bonds. The van der Waals surface area contributed by atoms with Crippen LogP contribution in [0.3, 0.4) is 0 Å². The maximum absolute atomic E-state index is 12.8. The average Bonchev–Trinajstić information content (AvgIpc) is 2.78. The Morgan fingerprint density at radius 2 is 1.62 bits per heavy atom. The van der Waals surface area contributed by atoms with Crippen molar-refractivity contribution in [3.63, 3.8) is 0 Å². The first-order valence-electron chi connectivity index (χ1n) is 10.8. The van der Waals surface area contributed by atoms with E-state index in [0.717, 1.165) is 24.8 Å². The van der Waals surface area contributed by atoms with Gasteiger partial charge in [-0.15, -0.1) is 0 Å². The van der Waals surface area contributed by atoms with Crippen LogP contribution < -0.4 is 16.0 Å². The second-order valence-corrected chi connectivity index (χ2v) is 10.0. The molecule has 0 aliphatic carbocycles. The normalized spacial score (nSPS) is 14.7. The molecular weight excluding hydrogens is 428 g/mol. The van der Waals surface area contributed by atoms with E-state index in [1.54, 1.807) is 48.5 Å². The Kier molecular flexibility index (Phi) is 7.87. The number of nitrogens with zero attached hydrogens (tertiary/aromatic N) is 1. The van der Waals surface area contributed by atoms with Crippen molar-refractivity contribution in [2.24, 2.45) is 0 Å². The van der Waals surface area contributed by atoms with E-state index >= 15 is 0 Å². The number of rotatable bonds is 7. The summed E-state index contributed by atoms with van der Waals surface area (Å²) in [6.07, 6.45) is 2.84. The minimum Gasteiger partial charge on any atom is -0.348 e. The summed E-state index contributed by atoms with van der Waals surface area (Å²) in [6, 6.07) is 12.9. The highest BCUT2D eigenvalue weighted by atomic mass is 32.2. The lowest BCUT2D eigenvalue weighted by molar-refractivity contribution is 0.0951. The fraction of sp³-hybridized carbons (Fsp3) is 0.391. The van der Waals surface area contributed by atoms with Crippen molar-refractivity contribution in [3.05, 3.63) is 59.7 Å². The van der Waals surface area contributed by atoms with Crippen LogP contribution >= 0.6 is 0 Å². The Morgan fingerprint density at radius 1 is 0.969 bits per heavy atom. The Labute approximate surface area is 189 Å². The molecule has 0 aromatic heterocycles. The lowest BCUT2D eigenvalue weighted by Gasteiger charge is -2.25. The summed E-state index contributed by atoms with van der Waals surface area (Å²) in [5.41, 5.74) is 1.53. The summed E-state index contributed by atoms with van der Waals surface area (Å²) in [6.45, 7) is 5.05. The van der Waals surface area contributed by atoms with Gasteiger partial charge in [-0.05, 0) is 56.5 Å². The van der Waals surface area contributed by atoms with Gasteiger partial charge >= 0.3 is 6.03 Å². The molecule has 32 heavy (non-hydrogen) atoms. The molecule has 0 spiro atoms. The van der Waals surface area contributed by atoms with E-state index in [0.29, 0.717) is 24.3 Å². The second kappa shape index (κ2) is 10.6. The van der Waals surface area contributed by atoms with Gasteiger partial charge in [-0.2, -0.15) is 4.31 Å². The van der Waals surface area contributed by atoms with Gasteiger partial charge in [-0.1, -0.05) is 30.7 Å². The summed E-state index contributed by atoms with van der Waals surface area (Å²) >= 11 is 0. The lowest BCUT2D eigenvalue weighted by Crippen LogP contribution is -2.35. The van der Waals surface area contributed by atoms with Gasteiger partial charge < -0.3 is 16.0 Å². The number of amides is 3. The van der Waals surface area contributed by atoms with Gasteiger partial charge in [0.25, 0.3) is 5.91 Å². The van der Waals surface area contributed by atoms with Crippen molar-refractivity contribution < 1.29 is 18.0 Å². The molecule has 172 valence electrons. The van der Waals surface area contributed by atoms with Gasteiger partial charge in [-0.25, -0.2) is 13.2 Å². The summed E-state index contributed by atoms with van der Waals surface area (Å²) in [4.78, 5) is 25.0. The lowest BCUT2D eigenvalue weighted by atomic mass is 10.1. The van der Waals surface area contributed by atoms with Gasteiger partial charge in [0.2, 0.25) is 10.0 Å². The number of benzene rings is 2. The Bertz CT molecular complexity index is 1050. The van der Waals surface area contributed by atoms with E-state index in [1.165, 1.54) is 4.31 Å². The van der Waals surface area contributed by atoms with Gasteiger partial charge in [-0.3, -0.25) is 4.79 Å². The average molecular weight is 459 g/mol. The van der Waals surface area contributed by atoms with Crippen LogP contribution in [0.2, 0.25) is 0 Å². The number of nitrogens with one attached hydrogen (secondary N) is 3. The third kappa shape index (κ3) is 6.08. The van der Waals surface area contributed by atoms with E-state index in [2.05, 4.69) is 16.0 Å². The topological polar surface area (TPSA) is 108 Å². The molecule has 1 heterocycles. The highest BCUT2D eigenvalue weighted by Gasteiger charge is 2.25. The zero-order valence-electron chi connectivity index (χ0n) is 18.4. The quantitative estimate of drug-likeness (QED) is 0.591. The summed E-state index contributed by atoms with van der Waals surface area (Å²) < 4.78 is 27.1. The van der Waals surface area contributed by atoms with Crippen molar-refractivity contribution in [3.8, 4) is 0 Å². The first-order chi connectivity index (χ1) is 15.3. The summed E-state index contributed by atoms with van der Waals surface area (Å²) in [7, 11) is -3.48. The molecule has 0 saturated carbocycles. The number of anilines is 1. The first-order valence-corrected chi connectivity index (χ1v) is 12.2. The first kappa shape index (κ1) is 23.7. The third-order valence-corrected chi connectivity index (χ3v) is 7.08. The van der Waals surface area contributed by atoms with Crippen LogP contribution in [0.25, 0.3) is 0 Å². The molecule has 1 aliphatic rings. The van der Waals surface area contributed by atoms with Gasteiger partial charge in [0, 0.05) is 25.7 Å². The molecule has 1 aliphatic heterocycles. The molecule has 9 heteroatoms. The van der Waals surface area contributed by atoms with Gasteiger partial charge in [0.05, 0.1) is 16.1 Å². The Morgan fingerprint density at radius 3 is 2.28 bits per heavy atom. The predicted octanol–water partition coefficient (Wildman–Crippen LogP) is 3.32. The number of carbonyl (C=O) groups is 2. The molecule has 2 aromatic rings. The number of carbonyl (C=O) groups excluding carboxylic acids is 2. The number of para-hydroxylation sites is 1. The fourth-order valence-electron chi connectivity index (χ4n) is 3.52. The second-order valence-electron chi connectivity index (χ2n) is 8.09. The molecule has 2 aromatic carbocycles. The predicted molar refractivity (Wildman–Crippen MR) is 124 cm³/mol. The molecule has 1 fully saturated rings. The van der Waals surface area contributed by atoms with Crippen LogP contribution in [-0.4, -0.2) is 43.8 Å². The molecular formula is C23H30N4O4S. The smallest absolute Gasteiger partial charge is 0.319 e. The SMILES string of the molecule is CC(C)NC(=O)Nc1ccccc1C(=O)NCc1ccc(S(=O)(=O)N2CCCCC2)cc1. The Balaban J connectivity index is 1.62. The van der Waals surface area contributed by atoms with Crippen molar-refractivity contribution in [1.82, 2.24) is 14.9 Å². The zero-order chi connectivity index (χ0) is 23.1. The maximum Gasteiger partial charge on any atom is 0.319 e. The van der Waals surface area contributed by atoms with Crippen LogP contribution in [0.4, 0.5) is 10.5 Å². The Hall–Kier alpha value is -2.91. The largest absolute Gasteiger partial charge is 0.348 e. The number of piperidine rings is 1. The van der Waals surface area contributed by atoms with Crippen molar-refractivity contribution in [1.29, 1.82) is 0 Å². The van der Waals surface area contributed by atoms with Gasteiger partial charge in [0.15, 0.2) is 0 Å². The minimum atomic E-state index is -3.48. The highest BCUT2D eigenvalue weighted by Crippen LogP contribution is 2.21. The maximum atomic E-state index is 12.8. The molecule has 0 radical (unpaired) electrons. The molecule has 1 saturated heterocycles. The van der Waals surface area contributed by atoms with Crippen LogP contribution in [0.5, 0.6) is 0 Å². The monoisotopic (exact) mass is 458 g/mol. The minimum absolute atomic E-state index is 0.0299. The van der Waals surface area contributed by atoms with Crippen LogP contribution in [0, 0.1) is 0 Å². The molecule has 0 bridgehead atoms. The van der Waals surface area contributed by atoms with E-state index in [4.69, 9.17) is 0 Å². The van der Waals surface area contributed by atoms with Crippen molar-refractivity contribution >= 4 is 27.6 Å². The number of sulfonamides is 1. The summed E-state index contributed by atoms with van der Waals surface area (Å²) in [5.74, 6) is -0.338. The number of hydrogen-bond donors (Lipinski definition) is 3. The highest BCUT2D eigenvalue weighted by molar-refractivity contribution is 7.89. The van der Waals surface area contributed by atoms with E-state index in [-0.39, 0.29) is 29.4 Å². The molecule has 0 unspecified atom stereocenters. The van der Waals surface area contributed by atoms with E-state index < -0.39 is 10.0 Å². The molecule has 3 N–H and O–H groups in total. The standard InChI is InChI=1S/C23H30N4O4S/c1-17(2)25-23(29)26-21-9-5-4-8-20(21)22(28)24-16-18-10-12-19(13-11-18)32(30,31)27-14-6-3-7-15-27/h4-5,8-13,17H,3,6-7,14-16H2,1-2H3,(H,24,28)(H2,25,26,29). The molecule has 8 nitrogen and oxygen atoms in total. The van der Waals surface area contributed by atoms with Crippen molar-refractivity contribution in [2.45, 2.75) is 50.6 Å². The fourth-order valence-corrected chi connectivity index (χ4v) is 5.04. The van der Waals surface area contributed by atoms with Crippen LogP contribution in [0.1, 0.15) is 49.0 Å². The van der Waals surface area contributed by atoms with Gasteiger partial charge in [0.1, 0.15) is 0 Å². The molecule has 3 rings (SSSR count). The van der Waals surface area contributed by atoms with Crippen molar-refractivity contribution in [2.75, 3.05) is 18.4 Å². The molecule has 0 atom stereocenters. The number of hydrogen-bond acceptors (Lipinski definition) is 4. The third-order valence-electron chi connectivity index (χ3n) is 5.17. The van der Waals surface area contributed by atoms with Crippen LogP contribution in [-0.2, 0) is 16.6 Å². The zero-order valence-corrected chi connectivity index (χ0v) is 19.2. The summed E-state index contributed by atoms with van der Waals surface area (Å²) in [5, 5.41) is 8.24. The van der Waals surface area contributed by atoms with Crippen LogP contribution in [0.15, 0.2) is 53.4 Å². The number of urea groups is 1. The van der Waals surface area contributed by atoms with E-state index in [1.807, 2.05) is 13.8 Å². The van der Waals surface area contributed by atoms with E-state index in [9.17, 15) is 18.0 Å².